The minimum Gasteiger partial charge on any atom is -0.354 e. The van der Waals surface area contributed by atoms with Crippen molar-refractivity contribution in [2.45, 2.75) is 25.8 Å². The third-order valence-corrected chi connectivity index (χ3v) is 4.15. The fraction of sp³-hybridized carbons (Fsp3) is 0.500. The predicted octanol–water partition coefficient (Wildman–Crippen LogP) is 1.57. The van der Waals surface area contributed by atoms with Crippen molar-refractivity contribution in [3.8, 4) is 0 Å². The van der Waals surface area contributed by atoms with Crippen LogP contribution in [0.15, 0.2) is 24.3 Å². The minimum atomic E-state index is -0.227. The largest absolute Gasteiger partial charge is 0.354 e. The molecule has 0 aliphatic carbocycles. The van der Waals surface area contributed by atoms with Gasteiger partial charge in [0.2, 0.25) is 5.91 Å². The van der Waals surface area contributed by atoms with E-state index in [2.05, 4.69) is 22.9 Å². The van der Waals surface area contributed by atoms with Crippen LogP contribution >= 0.6 is 11.6 Å². The number of amides is 2. The topological polar surface area (TPSA) is 70.2 Å². The van der Waals surface area contributed by atoms with Crippen LogP contribution in [0.1, 0.15) is 30.1 Å². The van der Waals surface area contributed by atoms with E-state index in [1.54, 1.807) is 24.3 Å². The number of carbonyl (C=O) groups is 2. The summed E-state index contributed by atoms with van der Waals surface area (Å²) < 4.78 is 0. The van der Waals surface area contributed by atoms with Gasteiger partial charge < -0.3 is 16.0 Å². The van der Waals surface area contributed by atoms with Crippen molar-refractivity contribution in [2.24, 2.45) is 5.92 Å². The van der Waals surface area contributed by atoms with Gasteiger partial charge >= 0.3 is 0 Å². The van der Waals surface area contributed by atoms with Crippen LogP contribution in [0.25, 0.3) is 0 Å². The summed E-state index contributed by atoms with van der Waals surface area (Å²) >= 11 is 5.96. The van der Waals surface area contributed by atoms with Gasteiger partial charge in [0.05, 0.1) is 10.6 Å². The summed E-state index contributed by atoms with van der Waals surface area (Å²) in [4.78, 5) is 24.0. The Morgan fingerprint density at radius 2 is 2.00 bits per heavy atom. The molecule has 5 nitrogen and oxygen atoms in total. The summed E-state index contributed by atoms with van der Waals surface area (Å²) in [5.74, 6) is -0.0915. The van der Waals surface area contributed by atoms with E-state index in [4.69, 9.17) is 11.6 Å². The second-order valence-electron chi connectivity index (χ2n) is 5.60. The lowest BCUT2D eigenvalue weighted by Crippen LogP contribution is -2.44. The van der Waals surface area contributed by atoms with Crippen LogP contribution in [-0.2, 0) is 4.79 Å². The van der Waals surface area contributed by atoms with Gasteiger partial charge in [0.1, 0.15) is 0 Å². The van der Waals surface area contributed by atoms with Crippen molar-refractivity contribution in [3.05, 3.63) is 34.9 Å². The van der Waals surface area contributed by atoms with Gasteiger partial charge in [-0.25, -0.2) is 0 Å². The predicted molar refractivity (Wildman–Crippen MR) is 87.0 cm³/mol. The fourth-order valence-corrected chi connectivity index (χ4v) is 2.84. The van der Waals surface area contributed by atoms with E-state index in [-0.39, 0.29) is 17.7 Å². The van der Waals surface area contributed by atoms with Crippen molar-refractivity contribution in [3.63, 3.8) is 0 Å². The Morgan fingerprint density at radius 3 is 2.73 bits per heavy atom. The molecule has 3 N–H and O–H groups in total. The highest BCUT2D eigenvalue weighted by atomic mass is 35.5. The summed E-state index contributed by atoms with van der Waals surface area (Å²) in [5, 5.41) is 9.38. The number of benzene rings is 1. The quantitative estimate of drug-likeness (QED) is 0.720. The van der Waals surface area contributed by atoms with Gasteiger partial charge in [0.25, 0.3) is 5.91 Å². The molecule has 1 aliphatic heterocycles. The number of carbonyl (C=O) groups excluding carboxylic acids is 2. The first-order chi connectivity index (χ1) is 10.6. The van der Waals surface area contributed by atoms with Crippen LogP contribution < -0.4 is 16.0 Å². The SMILES string of the molecule is C[C@H]1C[C@@H](C(=O)NCCNC(=O)c2ccccc2Cl)CCN1. The summed E-state index contributed by atoms with van der Waals surface area (Å²) in [6.45, 7) is 3.77. The number of halogens is 1. The van der Waals surface area contributed by atoms with Crippen molar-refractivity contribution >= 4 is 23.4 Å². The first kappa shape index (κ1) is 16.8. The van der Waals surface area contributed by atoms with E-state index in [9.17, 15) is 9.59 Å². The van der Waals surface area contributed by atoms with Crippen molar-refractivity contribution < 1.29 is 9.59 Å². The molecule has 2 atom stereocenters. The number of hydrogen-bond acceptors (Lipinski definition) is 3. The molecule has 6 heteroatoms. The highest BCUT2D eigenvalue weighted by Gasteiger charge is 2.24. The molecular formula is C16H22ClN3O2. The second-order valence-corrected chi connectivity index (χ2v) is 6.01. The molecule has 1 aromatic rings. The zero-order chi connectivity index (χ0) is 15.9. The van der Waals surface area contributed by atoms with E-state index in [1.807, 2.05) is 0 Å². The lowest BCUT2D eigenvalue weighted by atomic mass is 9.92. The van der Waals surface area contributed by atoms with Gasteiger partial charge in [0.15, 0.2) is 0 Å². The van der Waals surface area contributed by atoms with Gasteiger partial charge in [-0.15, -0.1) is 0 Å². The van der Waals surface area contributed by atoms with Crippen LogP contribution in [0, 0.1) is 5.92 Å². The number of hydrogen-bond donors (Lipinski definition) is 3. The Kier molecular flexibility index (Phi) is 6.21. The van der Waals surface area contributed by atoms with Crippen LogP contribution in [0.2, 0.25) is 5.02 Å². The number of nitrogens with one attached hydrogen (secondary N) is 3. The van der Waals surface area contributed by atoms with Crippen LogP contribution in [-0.4, -0.2) is 37.5 Å². The average Bonchev–Trinajstić information content (AvgIpc) is 2.51. The molecule has 0 spiro atoms. The molecule has 1 aliphatic rings. The molecule has 1 saturated heterocycles. The van der Waals surface area contributed by atoms with E-state index in [1.165, 1.54) is 0 Å². The van der Waals surface area contributed by atoms with Crippen LogP contribution in [0.3, 0.4) is 0 Å². The molecule has 120 valence electrons. The number of piperidine rings is 1. The Bertz CT molecular complexity index is 536. The molecule has 0 saturated carbocycles. The molecule has 22 heavy (non-hydrogen) atoms. The molecule has 0 aromatic heterocycles. The van der Waals surface area contributed by atoms with Gasteiger partial charge in [-0.05, 0) is 38.4 Å². The number of rotatable bonds is 5. The Morgan fingerprint density at radius 1 is 1.27 bits per heavy atom. The van der Waals surface area contributed by atoms with Crippen molar-refractivity contribution in [2.75, 3.05) is 19.6 Å². The molecule has 1 heterocycles. The summed E-state index contributed by atoms with van der Waals surface area (Å²) in [5.41, 5.74) is 0.447. The van der Waals surface area contributed by atoms with E-state index in [0.717, 1.165) is 19.4 Å². The molecule has 0 bridgehead atoms. The third kappa shape index (κ3) is 4.71. The molecular weight excluding hydrogens is 302 g/mol. The van der Waals surface area contributed by atoms with E-state index < -0.39 is 0 Å². The van der Waals surface area contributed by atoms with Gasteiger partial charge in [0, 0.05) is 25.0 Å². The maximum Gasteiger partial charge on any atom is 0.252 e. The monoisotopic (exact) mass is 323 g/mol. The zero-order valence-electron chi connectivity index (χ0n) is 12.7. The summed E-state index contributed by atoms with van der Waals surface area (Å²) in [6, 6.07) is 7.27. The molecule has 1 aromatic carbocycles. The van der Waals surface area contributed by atoms with Crippen LogP contribution in [0.4, 0.5) is 0 Å². The Labute approximate surface area is 135 Å². The molecule has 1 fully saturated rings. The Hall–Kier alpha value is -1.59. The van der Waals surface area contributed by atoms with Gasteiger partial charge in [-0.1, -0.05) is 23.7 Å². The molecule has 2 amide bonds. The molecule has 0 unspecified atom stereocenters. The van der Waals surface area contributed by atoms with Crippen molar-refractivity contribution in [1.82, 2.24) is 16.0 Å². The lowest BCUT2D eigenvalue weighted by Gasteiger charge is -2.27. The maximum absolute atomic E-state index is 12.0. The standard InChI is InChI=1S/C16H22ClN3O2/c1-11-10-12(6-7-18-11)15(21)19-8-9-20-16(22)13-4-2-3-5-14(13)17/h2-5,11-12,18H,6-10H2,1H3,(H,19,21)(H,20,22)/t11-,12-/m0/s1. The minimum absolute atomic E-state index is 0.0653. The van der Waals surface area contributed by atoms with Gasteiger partial charge in [-0.2, -0.15) is 0 Å². The Balaban J connectivity index is 1.69. The fourth-order valence-electron chi connectivity index (χ4n) is 2.62. The highest BCUT2D eigenvalue weighted by molar-refractivity contribution is 6.33. The molecule has 2 rings (SSSR count). The summed E-state index contributed by atoms with van der Waals surface area (Å²) in [6.07, 6.45) is 1.72. The van der Waals surface area contributed by atoms with E-state index in [0.29, 0.717) is 29.7 Å². The molecule has 0 radical (unpaired) electrons. The normalized spacial score (nSPS) is 21.2. The smallest absolute Gasteiger partial charge is 0.252 e. The average molecular weight is 324 g/mol. The van der Waals surface area contributed by atoms with Crippen molar-refractivity contribution in [1.29, 1.82) is 0 Å². The lowest BCUT2D eigenvalue weighted by molar-refractivity contribution is -0.126. The third-order valence-electron chi connectivity index (χ3n) is 3.82. The van der Waals surface area contributed by atoms with Gasteiger partial charge in [-0.3, -0.25) is 9.59 Å². The summed E-state index contributed by atoms with van der Waals surface area (Å²) in [7, 11) is 0. The first-order valence-electron chi connectivity index (χ1n) is 7.61. The highest BCUT2D eigenvalue weighted by Crippen LogP contribution is 2.16. The maximum atomic E-state index is 12.0. The second kappa shape index (κ2) is 8.15. The van der Waals surface area contributed by atoms with Crippen LogP contribution in [0.5, 0.6) is 0 Å². The first-order valence-corrected chi connectivity index (χ1v) is 7.99. The van der Waals surface area contributed by atoms with E-state index >= 15 is 0 Å². The zero-order valence-corrected chi connectivity index (χ0v) is 13.5.